The van der Waals surface area contributed by atoms with E-state index >= 15 is 0 Å². The number of rotatable bonds is 4. The zero-order valence-corrected chi connectivity index (χ0v) is 15.0. The first-order valence-electron chi connectivity index (χ1n) is 8.60. The molecule has 0 atom stereocenters. The Morgan fingerprint density at radius 2 is 1.79 bits per heavy atom. The van der Waals surface area contributed by atoms with Crippen LogP contribution in [0.3, 0.4) is 0 Å². The first-order chi connectivity index (χ1) is 11.7. The third-order valence-electron chi connectivity index (χ3n) is 4.66. The van der Waals surface area contributed by atoms with E-state index in [4.69, 9.17) is 0 Å². The zero-order valence-electron chi connectivity index (χ0n) is 14.2. The number of aromatic nitrogens is 1. The summed E-state index contributed by atoms with van der Waals surface area (Å²) in [5, 5.41) is 5.50. The minimum absolute atomic E-state index is 0.0187. The topological polar surface area (TPSA) is 68.8 Å². The Balaban J connectivity index is 1.46. The van der Waals surface area contributed by atoms with E-state index in [9.17, 15) is 9.59 Å². The van der Waals surface area contributed by atoms with Gasteiger partial charge in [-0.3, -0.25) is 14.5 Å². The van der Waals surface area contributed by atoms with Gasteiger partial charge in [0.1, 0.15) is 5.69 Å². The molecule has 2 aliphatic rings. The van der Waals surface area contributed by atoms with Gasteiger partial charge in [0.15, 0.2) is 5.13 Å². The Kier molecular flexibility index (Phi) is 5.68. The van der Waals surface area contributed by atoms with E-state index in [1.165, 1.54) is 17.8 Å². The molecule has 0 radical (unpaired) electrons. The first kappa shape index (κ1) is 17.2. The van der Waals surface area contributed by atoms with E-state index in [0.29, 0.717) is 25.3 Å². The molecule has 0 saturated carbocycles. The molecular weight excluding hydrogens is 326 g/mol. The molecule has 3 rings (SSSR count). The molecule has 3 heterocycles. The van der Waals surface area contributed by atoms with E-state index < -0.39 is 0 Å². The molecule has 1 aromatic rings. The molecular formula is C16H25N5O2S. The fourth-order valence-corrected chi connectivity index (χ4v) is 3.84. The van der Waals surface area contributed by atoms with Crippen LogP contribution in [-0.4, -0.2) is 84.4 Å². The number of nitrogens with zero attached hydrogens (tertiary/aromatic N) is 4. The number of nitrogens with one attached hydrogen (secondary N) is 1. The van der Waals surface area contributed by atoms with Crippen molar-refractivity contribution in [3.63, 3.8) is 0 Å². The maximum Gasteiger partial charge on any atom is 0.273 e. The molecule has 132 valence electrons. The van der Waals surface area contributed by atoms with Crippen LogP contribution in [-0.2, 0) is 4.79 Å². The molecule has 1 N–H and O–H groups in total. The first-order valence-corrected chi connectivity index (χ1v) is 9.48. The lowest BCUT2D eigenvalue weighted by molar-refractivity contribution is -0.133. The van der Waals surface area contributed by atoms with Crippen LogP contribution >= 0.6 is 11.3 Å². The van der Waals surface area contributed by atoms with E-state index in [1.54, 1.807) is 12.4 Å². The van der Waals surface area contributed by atoms with E-state index in [2.05, 4.69) is 15.2 Å². The summed E-state index contributed by atoms with van der Waals surface area (Å²) in [4.78, 5) is 35.0. The van der Waals surface area contributed by atoms with Gasteiger partial charge in [-0.1, -0.05) is 0 Å². The molecule has 1 aromatic heterocycles. The molecule has 7 nitrogen and oxygen atoms in total. The molecule has 2 aliphatic heterocycles. The maximum atomic E-state index is 12.5. The van der Waals surface area contributed by atoms with Crippen LogP contribution in [0.1, 0.15) is 29.8 Å². The summed E-state index contributed by atoms with van der Waals surface area (Å²) in [7, 11) is 1.80. The van der Waals surface area contributed by atoms with Gasteiger partial charge >= 0.3 is 0 Å². The Morgan fingerprint density at radius 3 is 2.42 bits per heavy atom. The minimum atomic E-state index is -0.0187. The Bertz CT molecular complexity index is 577. The summed E-state index contributed by atoms with van der Waals surface area (Å²) in [5.41, 5.74) is 0.502. The van der Waals surface area contributed by atoms with Crippen LogP contribution in [0.15, 0.2) is 5.38 Å². The molecule has 0 aromatic carbocycles. The van der Waals surface area contributed by atoms with Crippen LogP contribution in [0, 0.1) is 0 Å². The van der Waals surface area contributed by atoms with Crippen LogP contribution in [0.25, 0.3) is 0 Å². The van der Waals surface area contributed by atoms with Gasteiger partial charge in [-0.05, 0) is 19.3 Å². The van der Waals surface area contributed by atoms with Crippen molar-refractivity contribution >= 4 is 28.3 Å². The molecule has 8 heteroatoms. The number of carbonyl (C=O) groups excluding carboxylic acids is 2. The number of amides is 2. The fourth-order valence-electron chi connectivity index (χ4n) is 3.19. The van der Waals surface area contributed by atoms with Gasteiger partial charge in [-0.25, -0.2) is 4.98 Å². The van der Waals surface area contributed by atoms with Crippen molar-refractivity contribution in [3.05, 3.63) is 11.1 Å². The number of anilines is 1. The summed E-state index contributed by atoms with van der Waals surface area (Å²) in [6, 6.07) is 0. The lowest BCUT2D eigenvalue weighted by Crippen LogP contribution is -2.52. The SMILES string of the molecule is CNc1nc(C(=O)N2CCN(CC(=O)N3CCCCC3)CC2)cs1. The third-order valence-corrected chi connectivity index (χ3v) is 5.52. The van der Waals surface area contributed by atoms with Gasteiger partial charge < -0.3 is 15.1 Å². The number of piperidine rings is 1. The van der Waals surface area contributed by atoms with Crippen molar-refractivity contribution in [2.45, 2.75) is 19.3 Å². The predicted molar refractivity (Wildman–Crippen MR) is 94.4 cm³/mol. The second kappa shape index (κ2) is 7.94. The highest BCUT2D eigenvalue weighted by molar-refractivity contribution is 7.13. The summed E-state index contributed by atoms with van der Waals surface area (Å²) in [6.45, 7) is 5.06. The van der Waals surface area contributed by atoms with Gasteiger partial charge in [-0.2, -0.15) is 0 Å². The van der Waals surface area contributed by atoms with Gasteiger partial charge in [0.05, 0.1) is 6.54 Å². The Hall–Kier alpha value is -1.67. The van der Waals surface area contributed by atoms with Crippen LogP contribution in [0.4, 0.5) is 5.13 Å². The monoisotopic (exact) mass is 351 g/mol. The lowest BCUT2D eigenvalue weighted by atomic mass is 10.1. The number of hydrogen-bond donors (Lipinski definition) is 1. The quantitative estimate of drug-likeness (QED) is 0.875. The highest BCUT2D eigenvalue weighted by atomic mass is 32.1. The van der Waals surface area contributed by atoms with Crippen molar-refractivity contribution < 1.29 is 9.59 Å². The summed E-state index contributed by atoms with van der Waals surface area (Å²) in [5.74, 6) is 0.211. The molecule has 2 saturated heterocycles. The summed E-state index contributed by atoms with van der Waals surface area (Å²) < 4.78 is 0. The third kappa shape index (κ3) is 4.05. The normalized spacial score (nSPS) is 19.4. The number of hydrogen-bond acceptors (Lipinski definition) is 6. The van der Waals surface area contributed by atoms with Crippen molar-refractivity contribution in [2.24, 2.45) is 0 Å². The van der Waals surface area contributed by atoms with Gasteiger partial charge in [0.25, 0.3) is 5.91 Å². The number of piperazine rings is 1. The number of carbonyl (C=O) groups is 2. The van der Waals surface area contributed by atoms with Gasteiger partial charge in [0.2, 0.25) is 5.91 Å². The highest BCUT2D eigenvalue weighted by Gasteiger charge is 2.26. The van der Waals surface area contributed by atoms with Crippen LogP contribution in [0.2, 0.25) is 0 Å². The fraction of sp³-hybridized carbons (Fsp3) is 0.688. The van der Waals surface area contributed by atoms with Crippen LogP contribution in [0.5, 0.6) is 0 Å². The molecule has 0 unspecified atom stereocenters. The van der Waals surface area contributed by atoms with Gasteiger partial charge in [-0.15, -0.1) is 11.3 Å². The largest absolute Gasteiger partial charge is 0.365 e. The van der Waals surface area contributed by atoms with E-state index in [0.717, 1.165) is 44.2 Å². The second-order valence-corrected chi connectivity index (χ2v) is 7.16. The standard InChI is InChI=1S/C16H25N5O2S/c1-17-16-18-13(12-24-16)15(23)21-9-7-19(8-10-21)11-14(22)20-5-3-2-4-6-20/h12H,2-11H2,1H3,(H,17,18). The average molecular weight is 351 g/mol. The van der Waals surface area contributed by atoms with Crippen molar-refractivity contribution in [2.75, 3.05) is 58.2 Å². The zero-order chi connectivity index (χ0) is 16.9. The smallest absolute Gasteiger partial charge is 0.273 e. The van der Waals surface area contributed by atoms with Crippen molar-refractivity contribution in [3.8, 4) is 0 Å². The molecule has 0 bridgehead atoms. The molecule has 0 spiro atoms. The van der Waals surface area contributed by atoms with Gasteiger partial charge in [0, 0.05) is 51.7 Å². The number of likely N-dealkylation sites (tertiary alicyclic amines) is 1. The van der Waals surface area contributed by atoms with Crippen molar-refractivity contribution in [1.29, 1.82) is 0 Å². The molecule has 0 aliphatic carbocycles. The summed E-state index contributed by atoms with van der Waals surface area (Å²) >= 11 is 1.44. The Morgan fingerprint density at radius 1 is 1.08 bits per heavy atom. The summed E-state index contributed by atoms with van der Waals surface area (Å²) in [6.07, 6.45) is 3.48. The predicted octanol–water partition coefficient (Wildman–Crippen LogP) is 0.955. The molecule has 24 heavy (non-hydrogen) atoms. The minimum Gasteiger partial charge on any atom is -0.365 e. The van der Waals surface area contributed by atoms with Crippen LogP contribution < -0.4 is 5.32 Å². The lowest BCUT2D eigenvalue weighted by Gasteiger charge is -2.35. The van der Waals surface area contributed by atoms with E-state index in [1.807, 2.05) is 9.80 Å². The average Bonchev–Trinajstić information content (AvgIpc) is 3.11. The number of thiazole rings is 1. The Labute approximate surface area is 146 Å². The highest BCUT2D eigenvalue weighted by Crippen LogP contribution is 2.17. The van der Waals surface area contributed by atoms with Crippen molar-refractivity contribution in [1.82, 2.24) is 19.7 Å². The maximum absolute atomic E-state index is 12.5. The molecule has 2 amide bonds. The molecule has 2 fully saturated rings. The van der Waals surface area contributed by atoms with E-state index in [-0.39, 0.29) is 11.8 Å². The second-order valence-electron chi connectivity index (χ2n) is 6.30.